The Bertz CT molecular complexity index is 541. The summed E-state index contributed by atoms with van der Waals surface area (Å²) >= 11 is 0. The second-order valence-corrected chi connectivity index (χ2v) is 5.05. The van der Waals surface area contributed by atoms with Gasteiger partial charge >= 0.3 is 0 Å². The van der Waals surface area contributed by atoms with Gasteiger partial charge in [-0.25, -0.2) is 0 Å². The largest absolute Gasteiger partial charge is 0.481 e. The van der Waals surface area contributed by atoms with Gasteiger partial charge in [0.2, 0.25) is 0 Å². The van der Waals surface area contributed by atoms with Crippen molar-refractivity contribution in [1.82, 2.24) is 4.90 Å². The molecule has 0 aliphatic carbocycles. The van der Waals surface area contributed by atoms with E-state index in [1.807, 2.05) is 0 Å². The van der Waals surface area contributed by atoms with E-state index >= 15 is 0 Å². The molecule has 7 heteroatoms. The summed E-state index contributed by atoms with van der Waals surface area (Å²) in [5.41, 5.74) is 6.07. The summed E-state index contributed by atoms with van der Waals surface area (Å²) in [7, 11) is 0. The van der Waals surface area contributed by atoms with Crippen LogP contribution in [-0.4, -0.2) is 34.9 Å². The first-order valence-electron chi connectivity index (χ1n) is 6.95. The third-order valence-corrected chi connectivity index (χ3v) is 3.54. The Morgan fingerprint density at radius 1 is 1.48 bits per heavy atom. The Morgan fingerprint density at radius 3 is 2.71 bits per heavy atom. The molecule has 1 heterocycles. The molecule has 1 atom stereocenters. The standard InChI is InChI=1S/C14H19N3O4/c1-10(14(18)16-6-2-3-7-16)21-13-5-4-12(17(19)20)8-11(13)9-15/h4-5,8,10H,2-3,6-7,9,15H2,1H3. The van der Waals surface area contributed by atoms with Crippen molar-refractivity contribution in [3.05, 3.63) is 33.9 Å². The molecule has 1 aliphatic heterocycles. The lowest BCUT2D eigenvalue weighted by Gasteiger charge is -2.22. The smallest absolute Gasteiger partial charge is 0.270 e. The predicted octanol–water partition coefficient (Wildman–Crippen LogP) is 1.44. The van der Waals surface area contributed by atoms with Gasteiger partial charge in [0.05, 0.1) is 4.92 Å². The van der Waals surface area contributed by atoms with Gasteiger partial charge in [-0.3, -0.25) is 14.9 Å². The van der Waals surface area contributed by atoms with Crippen molar-refractivity contribution in [2.24, 2.45) is 5.73 Å². The van der Waals surface area contributed by atoms with Crippen molar-refractivity contribution in [3.8, 4) is 5.75 Å². The van der Waals surface area contributed by atoms with Gasteiger partial charge in [0.25, 0.3) is 11.6 Å². The molecule has 1 fully saturated rings. The Balaban J connectivity index is 2.10. The van der Waals surface area contributed by atoms with Crippen LogP contribution in [0.5, 0.6) is 5.75 Å². The SMILES string of the molecule is CC(Oc1ccc([N+](=O)[O-])cc1CN)C(=O)N1CCCC1. The zero-order valence-electron chi connectivity index (χ0n) is 11.9. The van der Waals surface area contributed by atoms with Crippen molar-refractivity contribution >= 4 is 11.6 Å². The molecule has 1 aliphatic rings. The van der Waals surface area contributed by atoms with E-state index in [1.165, 1.54) is 18.2 Å². The zero-order chi connectivity index (χ0) is 15.4. The summed E-state index contributed by atoms with van der Waals surface area (Å²) in [4.78, 5) is 24.2. The number of carbonyl (C=O) groups is 1. The van der Waals surface area contributed by atoms with E-state index in [1.54, 1.807) is 11.8 Å². The third-order valence-electron chi connectivity index (χ3n) is 3.54. The summed E-state index contributed by atoms with van der Waals surface area (Å²) in [5, 5.41) is 10.7. The molecule has 1 amide bonds. The van der Waals surface area contributed by atoms with Crippen LogP contribution in [0.2, 0.25) is 0 Å². The number of nitro groups is 1. The lowest BCUT2D eigenvalue weighted by Crippen LogP contribution is -2.38. The summed E-state index contributed by atoms with van der Waals surface area (Å²) in [6.07, 6.45) is 1.41. The molecule has 0 saturated carbocycles. The molecular weight excluding hydrogens is 274 g/mol. The molecule has 114 valence electrons. The molecular formula is C14H19N3O4. The topological polar surface area (TPSA) is 98.7 Å². The molecule has 21 heavy (non-hydrogen) atoms. The number of likely N-dealkylation sites (tertiary alicyclic amines) is 1. The second kappa shape index (κ2) is 6.53. The van der Waals surface area contributed by atoms with Crippen molar-refractivity contribution in [1.29, 1.82) is 0 Å². The number of nitrogens with two attached hydrogens (primary N) is 1. The highest BCUT2D eigenvalue weighted by molar-refractivity contribution is 5.81. The van der Waals surface area contributed by atoms with E-state index in [0.717, 1.165) is 25.9 Å². The van der Waals surface area contributed by atoms with Gasteiger partial charge in [-0.15, -0.1) is 0 Å². The first kappa shape index (κ1) is 15.2. The van der Waals surface area contributed by atoms with Gasteiger partial charge in [0.15, 0.2) is 6.10 Å². The van der Waals surface area contributed by atoms with Crippen molar-refractivity contribution in [3.63, 3.8) is 0 Å². The van der Waals surface area contributed by atoms with E-state index in [9.17, 15) is 14.9 Å². The number of benzene rings is 1. The summed E-state index contributed by atoms with van der Waals surface area (Å²) in [6.45, 7) is 3.32. The fourth-order valence-electron chi connectivity index (χ4n) is 2.39. The molecule has 0 radical (unpaired) electrons. The van der Waals surface area contributed by atoms with Crippen LogP contribution in [0.15, 0.2) is 18.2 Å². The van der Waals surface area contributed by atoms with E-state index in [-0.39, 0.29) is 18.1 Å². The quantitative estimate of drug-likeness (QED) is 0.654. The van der Waals surface area contributed by atoms with Crippen LogP contribution in [0, 0.1) is 10.1 Å². The highest BCUT2D eigenvalue weighted by Crippen LogP contribution is 2.25. The molecule has 0 bridgehead atoms. The summed E-state index contributed by atoms with van der Waals surface area (Å²) in [6, 6.07) is 4.22. The highest BCUT2D eigenvalue weighted by atomic mass is 16.6. The molecule has 1 saturated heterocycles. The van der Waals surface area contributed by atoms with E-state index in [4.69, 9.17) is 10.5 Å². The van der Waals surface area contributed by atoms with Crippen molar-refractivity contribution in [2.45, 2.75) is 32.4 Å². The fraction of sp³-hybridized carbons (Fsp3) is 0.500. The first-order chi connectivity index (χ1) is 10.0. The Labute approximate surface area is 122 Å². The fourth-order valence-corrected chi connectivity index (χ4v) is 2.39. The number of hydrogen-bond donors (Lipinski definition) is 1. The van der Waals surface area contributed by atoms with Gasteiger partial charge in [0.1, 0.15) is 5.75 Å². The minimum absolute atomic E-state index is 0.0404. The van der Waals surface area contributed by atoms with Gasteiger partial charge in [-0.2, -0.15) is 0 Å². The van der Waals surface area contributed by atoms with Crippen molar-refractivity contribution in [2.75, 3.05) is 13.1 Å². The van der Waals surface area contributed by atoms with Crippen LogP contribution in [-0.2, 0) is 11.3 Å². The first-order valence-corrected chi connectivity index (χ1v) is 6.95. The maximum Gasteiger partial charge on any atom is 0.270 e. The summed E-state index contributed by atoms with van der Waals surface area (Å²) in [5.74, 6) is 0.358. The van der Waals surface area contributed by atoms with Gasteiger partial charge in [-0.1, -0.05) is 0 Å². The minimum Gasteiger partial charge on any atom is -0.481 e. The van der Waals surface area contributed by atoms with Gasteiger partial charge in [0, 0.05) is 37.3 Å². The molecule has 0 spiro atoms. The molecule has 1 aromatic carbocycles. The monoisotopic (exact) mass is 293 g/mol. The second-order valence-electron chi connectivity index (χ2n) is 5.05. The highest BCUT2D eigenvalue weighted by Gasteiger charge is 2.25. The molecule has 0 aromatic heterocycles. The van der Waals surface area contributed by atoms with Crippen LogP contribution < -0.4 is 10.5 Å². The van der Waals surface area contributed by atoms with Crippen LogP contribution in [0.4, 0.5) is 5.69 Å². The number of carbonyl (C=O) groups excluding carboxylic acids is 1. The number of amides is 1. The number of hydrogen-bond acceptors (Lipinski definition) is 5. The Hall–Kier alpha value is -2.15. The number of nitrogens with zero attached hydrogens (tertiary/aromatic N) is 2. The molecule has 7 nitrogen and oxygen atoms in total. The molecule has 2 N–H and O–H groups in total. The van der Waals surface area contributed by atoms with Gasteiger partial charge in [-0.05, 0) is 25.8 Å². The van der Waals surface area contributed by atoms with E-state index in [0.29, 0.717) is 11.3 Å². The normalized spacial score (nSPS) is 15.8. The molecule has 2 rings (SSSR count). The maximum absolute atomic E-state index is 12.2. The van der Waals surface area contributed by atoms with Crippen LogP contribution in [0.25, 0.3) is 0 Å². The van der Waals surface area contributed by atoms with Crippen LogP contribution >= 0.6 is 0 Å². The van der Waals surface area contributed by atoms with Crippen molar-refractivity contribution < 1.29 is 14.5 Å². The number of ether oxygens (including phenoxy) is 1. The average Bonchev–Trinajstić information content (AvgIpc) is 3.00. The van der Waals surface area contributed by atoms with Crippen LogP contribution in [0.3, 0.4) is 0 Å². The zero-order valence-corrected chi connectivity index (χ0v) is 11.9. The Kier molecular flexibility index (Phi) is 4.74. The van der Waals surface area contributed by atoms with E-state index < -0.39 is 11.0 Å². The minimum atomic E-state index is -0.630. The lowest BCUT2D eigenvalue weighted by molar-refractivity contribution is -0.384. The predicted molar refractivity (Wildman–Crippen MR) is 76.9 cm³/mol. The van der Waals surface area contributed by atoms with Crippen LogP contribution in [0.1, 0.15) is 25.3 Å². The molecule has 1 aromatic rings. The lowest BCUT2D eigenvalue weighted by atomic mass is 10.1. The number of non-ortho nitro benzene ring substituents is 1. The summed E-state index contributed by atoms with van der Waals surface area (Å²) < 4.78 is 5.65. The van der Waals surface area contributed by atoms with Gasteiger partial charge < -0.3 is 15.4 Å². The number of rotatable bonds is 5. The molecule has 1 unspecified atom stereocenters. The maximum atomic E-state index is 12.2. The number of nitro benzene ring substituents is 1. The Morgan fingerprint density at radius 2 is 2.14 bits per heavy atom. The van der Waals surface area contributed by atoms with E-state index in [2.05, 4.69) is 0 Å². The average molecular weight is 293 g/mol. The third kappa shape index (κ3) is 3.49.